The molecule has 0 radical (unpaired) electrons. The van der Waals surface area contributed by atoms with Crippen molar-refractivity contribution < 1.29 is 18.0 Å². The summed E-state index contributed by atoms with van der Waals surface area (Å²) in [6.45, 7) is 0. The highest BCUT2D eigenvalue weighted by molar-refractivity contribution is 7.89. The van der Waals surface area contributed by atoms with Gasteiger partial charge in [0.25, 0.3) is 11.8 Å². The van der Waals surface area contributed by atoms with Crippen LogP contribution < -0.4 is 11.1 Å². The largest absolute Gasteiger partial charge is 0.365 e. The number of primary amides is 1. The van der Waals surface area contributed by atoms with Crippen molar-refractivity contribution in [2.75, 3.05) is 12.4 Å². The first-order valence-corrected chi connectivity index (χ1v) is 12.4. The molecule has 2 amide bonds. The molecule has 4 rings (SSSR count). The first kappa shape index (κ1) is 21.0. The number of benzene rings is 1. The van der Waals surface area contributed by atoms with E-state index in [1.54, 1.807) is 7.05 Å². The van der Waals surface area contributed by atoms with Gasteiger partial charge in [0, 0.05) is 23.5 Å². The smallest absolute Gasteiger partial charge is 0.256 e. The van der Waals surface area contributed by atoms with Crippen molar-refractivity contribution >= 4 is 38.2 Å². The molecule has 1 aromatic heterocycles. The van der Waals surface area contributed by atoms with Gasteiger partial charge in [0.05, 0.1) is 10.5 Å². The minimum Gasteiger partial charge on any atom is -0.365 e. The highest BCUT2D eigenvalue weighted by Gasteiger charge is 2.30. The molecule has 0 saturated heterocycles. The van der Waals surface area contributed by atoms with Crippen LogP contribution in [0.4, 0.5) is 5.00 Å². The van der Waals surface area contributed by atoms with Crippen molar-refractivity contribution in [2.45, 2.75) is 55.9 Å². The van der Waals surface area contributed by atoms with Crippen LogP contribution in [0.25, 0.3) is 0 Å². The Labute approximate surface area is 180 Å². The molecule has 2 aromatic rings. The summed E-state index contributed by atoms with van der Waals surface area (Å²) in [4.78, 5) is 25.9. The van der Waals surface area contributed by atoms with Crippen molar-refractivity contribution in [3.05, 3.63) is 45.8 Å². The van der Waals surface area contributed by atoms with Gasteiger partial charge in [0.1, 0.15) is 5.00 Å². The minimum absolute atomic E-state index is 0.0333. The Hall–Kier alpha value is -2.23. The molecule has 1 saturated carbocycles. The van der Waals surface area contributed by atoms with Crippen LogP contribution in [0.1, 0.15) is 63.3 Å². The maximum absolute atomic E-state index is 12.9. The van der Waals surface area contributed by atoms with E-state index in [0.717, 1.165) is 55.4 Å². The van der Waals surface area contributed by atoms with Gasteiger partial charge in [0.15, 0.2) is 0 Å². The molecule has 0 atom stereocenters. The molecule has 2 aliphatic carbocycles. The lowest BCUT2D eigenvalue weighted by Crippen LogP contribution is -2.35. The number of hydrogen-bond donors (Lipinski definition) is 2. The zero-order chi connectivity index (χ0) is 21.5. The number of rotatable bonds is 6. The van der Waals surface area contributed by atoms with E-state index in [0.29, 0.717) is 16.1 Å². The number of amides is 2. The molecule has 0 aliphatic heterocycles. The molecular weight excluding hydrogens is 422 g/mol. The third-order valence-corrected chi connectivity index (χ3v) is 9.16. The van der Waals surface area contributed by atoms with E-state index in [1.165, 1.54) is 39.9 Å². The fourth-order valence-corrected chi connectivity index (χ4v) is 7.04. The second-order valence-corrected chi connectivity index (χ2v) is 11.0. The van der Waals surface area contributed by atoms with E-state index in [4.69, 9.17) is 5.73 Å². The number of nitrogens with zero attached hydrogens (tertiary/aromatic N) is 1. The van der Waals surface area contributed by atoms with Crippen LogP contribution in [-0.4, -0.2) is 37.6 Å². The Kier molecular flexibility index (Phi) is 5.69. The summed E-state index contributed by atoms with van der Waals surface area (Å²) in [5.74, 6) is -0.938. The molecule has 1 fully saturated rings. The fraction of sp³-hybridized carbons (Fsp3) is 0.429. The number of hydrogen-bond acceptors (Lipinski definition) is 5. The number of sulfonamides is 1. The molecule has 2 aliphatic rings. The number of nitrogens with one attached hydrogen (secondary N) is 1. The minimum atomic E-state index is -3.60. The van der Waals surface area contributed by atoms with Crippen LogP contribution in [0.3, 0.4) is 0 Å². The first-order valence-electron chi connectivity index (χ1n) is 10.1. The molecule has 3 N–H and O–H groups in total. The van der Waals surface area contributed by atoms with E-state index in [-0.39, 0.29) is 10.9 Å². The highest BCUT2D eigenvalue weighted by Crippen LogP contribution is 2.39. The summed E-state index contributed by atoms with van der Waals surface area (Å²) in [7, 11) is -1.98. The number of thiophene rings is 1. The van der Waals surface area contributed by atoms with Crippen LogP contribution in [0.5, 0.6) is 0 Å². The maximum Gasteiger partial charge on any atom is 0.256 e. The molecule has 0 spiro atoms. The second-order valence-electron chi connectivity index (χ2n) is 7.86. The van der Waals surface area contributed by atoms with Crippen molar-refractivity contribution in [2.24, 2.45) is 5.73 Å². The van der Waals surface area contributed by atoms with Gasteiger partial charge in [-0.25, -0.2) is 8.42 Å². The van der Waals surface area contributed by atoms with Crippen LogP contribution >= 0.6 is 11.3 Å². The molecule has 160 valence electrons. The Morgan fingerprint density at radius 1 is 1.10 bits per heavy atom. The van der Waals surface area contributed by atoms with Crippen LogP contribution in [-0.2, 0) is 22.9 Å². The van der Waals surface area contributed by atoms with Gasteiger partial charge < -0.3 is 11.1 Å². The number of nitrogens with two attached hydrogens (primary N) is 1. The normalized spacial score (nSPS) is 16.7. The quantitative estimate of drug-likeness (QED) is 0.709. The Morgan fingerprint density at radius 2 is 1.77 bits per heavy atom. The number of fused-ring (bicyclic) bond motifs is 1. The van der Waals surface area contributed by atoms with Crippen molar-refractivity contribution in [1.82, 2.24) is 4.31 Å². The maximum atomic E-state index is 12.9. The predicted molar refractivity (Wildman–Crippen MR) is 116 cm³/mol. The van der Waals surface area contributed by atoms with Gasteiger partial charge in [-0.1, -0.05) is 12.8 Å². The third kappa shape index (κ3) is 3.77. The number of anilines is 1. The standard InChI is InChI=1S/C21H25N3O4S2/c1-24(14-5-2-3-6-14)30(27,28)15-11-9-13(10-12-15)20(26)23-21-18(19(22)25)16-7-4-8-17(16)29-21/h9-12,14H,2-8H2,1H3,(H2,22,25)(H,23,26). The average molecular weight is 448 g/mol. The lowest BCUT2D eigenvalue weighted by Gasteiger charge is -2.23. The summed E-state index contributed by atoms with van der Waals surface area (Å²) >= 11 is 1.39. The van der Waals surface area contributed by atoms with Gasteiger partial charge in [0.2, 0.25) is 10.0 Å². The van der Waals surface area contributed by atoms with E-state index in [9.17, 15) is 18.0 Å². The molecule has 7 nitrogen and oxygen atoms in total. The van der Waals surface area contributed by atoms with Crippen molar-refractivity contribution in [1.29, 1.82) is 0 Å². The Balaban J connectivity index is 1.52. The zero-order valence-corrected chi connectivity index (χ0v) is 18.4. The summed E-state index contributed by atoms with van der Waals surface area (Å²) in [6, 6.07) is 5.94. The second kappa shape index (κ2) is 8.13. The van der Waals surface area contributed by atoms with E-state index >= 15 is 0 Å². The summed E-state index contributed by atoms with van der Waals surface area (Å²) < 4.78 is 27.2. The van der Waals surface area contributed by atoms with E-state index < -0.39 is 21.8 Å². The molecular formula is C21H25N3O4S2. The van der Waals surface area contributed by atoms with Crippen LogP contribution in [0.2, 0.25) is 0 Å². The SMILES string of the molecule is CN(C1CCCC1)S(=O)(=O)c1ccc(C(=O)Nc2sc3c(c2C(N)=O)CCC3)cc1. The monoisotopic (exact) mass is 447 g/mol. The zero-order valence-electron chi connectivity index (χ0n) is 16.8. The number of carbonyl (C=O) groups excluding carboxylic acids is 2. The lowest BCUT2D eigenvalue weighted by molar-refractivity contribution is 0.100. The lowest BCUT2D eigenvalue weighted by atomic mass is 10.1. The summed E-state index contributed by atoms with van der Waals surface area (Å²) in [5, 5.41) is 3.25. The predicted octanol–water partition coefficient (Wildman–Crippen LogP) is 3.15. The Morgan fingerprint density at radius 3 is 2.40 bits per heavy atom. The Bertz CT molecular complexity index is 1080. The molecule has 30 heavy (non-hydrogen) atoms. The van der Waals surface area contributed by atoms with Gasteiger partial charge >= 0.3 is 0 Å². The first-order chi connectivity index (χ1) is 14.3. The molecule has 0 bridgehead atoms. The number of aryl methyl sites for hydroxylation is 1. The average Bonchev–Trinajstić information content (AvgIpc) is 3.44. The van der Waals surface area contributed by atoms with E-state index in [1.807, 2.05) is 0 Å². The highest BCUT2D eigenvalue weighted by atomic mass is 32.2. The van der Waals surface area contributed by atoms with Gasteiger partial charge in [-0.2, -0.15) is 4.31 Å². The van der Waals surface area contributed by atoms with Crippen LogP contribution in [0.15, 0.2) is 29.2 Å². The van der Waals surface area contributed by atoms with Gasteiger partial charge in [-0.3, -0.25) is 9.59 Å². The van der Waals surface area contributed by atoms with Gasteiger partial charge in [-0.15, -0.1) is 11.3 Å². The summed E-state index contributed by atoms with van der Waals surface area (Å²) in [6.07, 6.45) is 6.51. The molecule has 0 unspecified atom stereocenters. The molecule has 9 heteroatoms. The third-order valence-electron chi connectivity index (χ3n) is 6.03. The van der Waals surface area contributed by atoms with Crippen molar-refractivity contribution in [3.63, 3.8) is 0 Å². The van der Waals surface area contributed by atoms with E-state index in [2.05, 4.69) is 5.32 Å². The molecule has 1 aromatic carbocycles. The fourth-order valence-electron chi connectivity index (χ4n) is 4.34. The number of carbonyl (C=O) groups is 2. The van der Waals surface area contributed by atoms with Gasteiger partial charge in [-0.05, 0) is 61.9 Å². The topological polar surface area (TPSA) is 110 Å². The molecule has 1 heterocycles. The van der Waals surface area contributed by atoms with Crippen molar-refractivity contribution in [3.8, 4) is 0 Å². The van der Waals surface area contributed by atoms with Crippen LogP contribution in [0, 0.1) is 0 Å². The summed E-state index contributed by atoms with van der Waals surface area (Å²) in [5.41, 5.74) is 7.20.